The lowest BCUT2D eigenvalue weighted by Gasteiger charge is -2.10. The number of carbonyl (C=O) groups is 2. The van der Waals surface area contributed by atoms with E-state index in [2.05, 4.69) is 10.4 Å². The molecular formula is C22H15ClN4O4S. The molecule has 1 amide bonds. The third kappa shape index (κ3) is 4.74. The summed E-state index contributed by atoms with van der Waals surface area (Å²) in [5.74, 6) is -0.871. The first kappa shape index (κ1) is 21.4. The molecule has 10 heteroatoms. The predicted octanol–water partition coefficient (Wildman–Crippen LogP) is 5.04. The maximum Gasteiger partial charge on any atom is 0.389 e. The first-order chi connectivity index (χ1) is 15.4. The molecule has 1 N–H and O–H groups in total. The summed E-state index contributed by atoms with van der Waals surface area (Å²) in [6.07, 6.45) is 1.50. The summed E-state index contributed by atoms with van der Waals surface area (Å²) in [6.45, 7) is 0.288. The maximum absolute atomic E-state index is 12.9. The van der Waals surface area contributed by atoms with E-state index in [1.807, 2.05) is 6.07 Å². The molecule has 0 aliphatic heterocycles. The van der Waals surface area contributed by atoms with Crippen molar-refractivity contribution in [2.24, 2.45) is 0 Å². The number of halogens is 1. The number of nitro groups is 1. The second kappa shape index (κ2) is 9.13. The van der Waals surface area contributed by atoms with Gasteiger partial charge in [-0.25, -0.2) is 0 Å². The number of hydrogen-bond donors (Lipinski definition) is 1. The Bertz CT molecular complexity index is 1320. The lowest BCUT2D eigenvalue weighted by Crippen LogP contribution is -2.14. The standard InChI is InChI=1S/C22H15ClN4O4S/c23-16-6-7-18(17(11-16)21(28)15-4-2-1-3-5-15)24-22(29)19-10-14(13-32-19)12-26-9-8-20(25-26)27(30)31/h1-11,13H,12H2,(H,24,29). The minimum absolute atomic E-state index is 0.239. The Morgan fingerprint density at radius 1 is 1.12 bits per heavy atom. The van der Waals surface area contributed by atoms with E-state index < -0.39 is 4.92 Å². The molecule has 0 saturated heterocycles. The summed E-state index contributed by atoms with van der Waals surface area (Å²) in [4.78, 5) is 36.4. The summed E-state index contributed by atoms with van der Waals surface area (Å²) in [6, 6.07) is 16.4. The van der Waals surface area contributed by atoms with Gasteiger partial charge in [0, 0.05) is 16.1 Å². The fourth-order valence-electron chi connectivity index (χ4n) is 3.04. The van der Waals surface area contributed by atoms with Gasteiger partial charge in [-0.3, -0.25) is 9.59 Å². The van der Waals surface area contributed by atoms with Crippen LogP contribution in [-0.4, -0.2) is 26.4 Å². The predicted molar refractivity (Wildman–Crippen MR) is 122 cm³/mol. The Morgan fingerprint density at radius 2 is 1.91 bits per heavy atom. The van der Waals surface area contributed by atoms with Crippen molar-refractivity contribution in [2.45, 2.75) is 6.54 Å². The number of benzene rings is 2. The van der Waals surface area contributed by atoms with Gasteiger partial charge in [-0.1, -0.05) is 41.9 Å². The number of hydrogen-bond acceptors (Lipinski definition) is 6. The average Bonchev–Trinajstić information content (AvgIpc) is 3.45. The Morgan fingerprint density at radius 3 is 2.62 bits per heavy atom. The number of carbonyl (C=O) groups excluding carboxylic acids is 2. The van der Waals surface area contributed by atoms with Gasteiger partial charge in [0.25, 0.3) is 5.91 Å². The molecule has 160 valence electrons. The quantitative estimate of drug-likeness (QED) is 0.233. The SMILES string of the molecule is O=C(Nc1ccc(Cl)cc1C(=O)c1ccccc1)c1cc(Cn2ccc([N+](=O)[O-])n2)cs1. The van der Waals surface area contributed by atoms with Crippen molar-refractivity contribution in [3.8, 4) is 0 Å². The van der Waals surface area contributed by atoms with Crippen LogP contribution in [0.1, 0.15) is 31.2 Å². The smallest absolute Gasteiger partial charge is 0.358 e. The van der Waals surface area contributed by atoms with E-state index in [4.69, 9.17) is 11.6 Å². The zero-order valence-electron chi connectivity index (χ0n) is 16.4. The van der Waals surface area contributed by atoms with Gasteiger partial charge >= 0.3 is 5.82 Å². The van der Waals surface area contributed by atoms with Crippen LogP contribution in [0.15, 0.2) is 72.2 Å². The van der Waals surface area contributed by atoms with Crippen molar-refractivity contribution in [1.29, 1.82) is 0 Å². The maximum atomic E-state index is 12.9. The van der Waals surface area contributed by atoms with Crippen LogP contribution >= 0.6 is 22.9 Å². The van der Waals surface area contributed by atoms with Gasteiger partial charge in [-0.2, -0.15) is 4.68 Å². The van der Waals surface area contributed by atoms with Crippen LogP contribution in [-0.2, 0) is 6.54 Å². The van der Waals surface area contributed by atoms with Crippen LogP contribution < -0.4 is 5.32 Å². The molecule has 0 aliphatic carbocycles. The number of rotatable bonds is 7. The van der Waals surface area contributed by atoms with Crippen molar-refractivity contribution in [2.75, 3.05) is 5.32 Å². The van der Waals surface area contributed by atoms with Crippen LogP contribution in [0.4, 0.5) is 11.5 Å². The highest BCUT2D eigenvalue weighted by atomic mass is 35.5. The molecule has 32 heavy (non-hydrogen) atoms. The number of nitrogens with one attached hydrogen (secondary N) is 1. The molecule has 0 aliphatic rings. The number of amides is 1. The van der Waals surface area contributed by atoms with Crippen LogP contribution in [0.5, 0.6) is 0 Å². The van der Waals surface area contributed by atoms with E-state index in [0.29, 0.717) is 21.2 Å². The molecule has 0 saturated carbocycles. The third-order valence-electron chi connectivity index (χ3n) is 4.55. The number of ketones is 1. The number of aromatic nitrogens is 2. The topological polar surface area (TPSA) is 107 Å². The second-order valence-corrected chi connectivity index (χ2v) is 8.13. The van der Waals surface area contributed by atoms with Gasteiger partial charge in [0.15, 0.2) is 5.78 Å². The van der Waals surface area contributed by atoms with Crippen molar-refractivity contribution >= 4 is 46.1 Å². The zero-order chi connectivity index (χ0) is 22.7. The molecule has 2 aromatic heterocycles. The van der Waals surface area contributed by atoms with E-state index in [1.165, 1.54) is 34.3 Å². The van der Waals surface area contributed by atoms with Crippen molar-refractivity contribution in [1.82, 2.24) is 9.78 Å². The fourth-order valence-corrected chi connectivity index (χ4v) is 4.01. The van der Waals surface area contributed by atoms with Crippen LogP contribution in [0.2, 0.25) is 5.02 Å². The van der Waals surface area contributed by atoms with E-state index in [1.54, 1.807) is 47.8 Å². The Hall–Kier alpha value is -3.82. The van der Waals surface area contributed by atoms with Crippen molar-refractivity contribution < 1.29 is 14.5 Å². The minimum atomic E-state index is -0.566. The first-order valence-corrected chi connectivity index (χ1v) is 10.6. The van der Waals surface area contributed by atoms with Gasteiger partial charge < -0.3 is 15.4 Å². The van der Waals surface area contributed by atoms with Crippen LogP contribution in [0.3, 0.4) is 0 Å². The summed E-state index contributed by atoms with van der Waals surface area (Å²) >= 11 is 7.32. The molecular weight excluding hydrogens is 452 g/mol. The Labute approximate surface area is 191 Å². The van der Waals surface area contributed by atoms with E-state index >= 15 is 0 Å². The number of anilines is 1. The molecule has 2 heterocycles. The highest BCUT2D eigenvalue weighted by Crippen LogP contribution is 2.25. The van der Waals surface area contributed by atoms with E-state index in [9.17, 15) is 19.7 Å². The molecule has 0 bridgehead atoms. The lowest BCUT2D eigenvalue weighted by atomic mass is 10.0. The fraction of sp³-hybridized carbons (Fsp3) is 0.0455. The van der Waals surface area contributed by atoms with E-state index in [0.717, 1.165) is 5.56 Å². The van der Waals surface area contributed by atoms with Crippen molar-refractivity contribution in [3.05, 3.63) is 109 Å². The Kier molecular flexibility index (Phi) is 6.11. The van der Waals surface area contributed by atoms with Crippen molar-refractivity contribution in [3.63, 3.8) is 0 Å². The molecule has 0 fully saturated rings. The molecule has 8 nitrogen and oxygen atoms in total. The molecule has 4 aromatic rings. The average molecular weight is 467 g/mol. The van der Waals surface area contributed by atoms with Gasteiger partial charge in [0.2, 0.25) is 0 Å². The molecule has 0 radical (unpaired) electrons. The van der Waals surface area contributed by atoms with Gasteiger partial charge in [-0.05, 0) is 40.1 Å². The monoisotopic (exact) mass is 466 g/mol. The molecule has 0 atom stereocenters. The number of thiophene rings is 1. The summed E-state index contributed by atoms with van der Waals surface area (Å²) in [5, 5.41) is 19.6. The molecule has 0 unspecified atom stereocenters. The minimum Gasteiger partial charge on any atom is -0.358 e. The molecule has 2 aromatic carbocycles. The summed E-state index contributed by atoms with van der Waals surface area (Å²) < 4.78 is 1.43. The highest BCUT2D eigenvalue weighted by Gasteiger charge is 2.18. The van der Waals surface area contributed by atoms with Gasteiger partial charge in [-0.15, -0.1) is 11.3 Å². The zero-order valence-corrected chi connectivity index (χ0v) is 18.0. The Balaban J connectivity index is 1.52. The normalized spacial score (nSPS) is 10.7. The largest absolute Gasteiger partial charge is 0.389 e. The highest BCUT2D eigenvalue weighted by molar-refractivity contribution is 7.12. The molecule has 0 spiro atoms. The molecule has 4 rings (SSSR count). The number of nitrogens with zero attached hydrogens (tertiary/aromatic N) is 3. The summed E-state index contributed by atoms with van der Waals surface area (Å²) in [7, 11) is 0. The van der Waals surface area contributed by atoms with Gasteiger partial charge in [0.1, 0.15) is 0 Å². The van der Waals surface area contributed by atoms with Crippen LogP contribution in [0.25, 0.3) is 0 Å². The summed E-state index contributed by atoms with van der Waals surface area (Å²) in [5.41, 5.74) is 1.90. The third-order valence-corrected chi connectivity index (χ3v) is 5.76. The van der Waals surface area contributed by atoms with Gasteiger partial charge in [0.05, 0.1) is 34.5 Å². The lowest BCUT2D eigenvalue weighted by molar-refractivity contribution is -0.389. The second-order valence-electron chi connectivity index (χ2n) is 6.79. The van der Waals surface area contributed by atoms with E-state index in [-0.39, 0.29) is 29.6 Å². The first-order valence-electron chi connectivity index (χ1n) is 9.36. The van der Waals surface area contributed by atoms with Crippen LogP contribution in [0, 0.1) is 10.1 Å².